The zero-order valence-electron chi connectivity index (χ0n) is 9.78. The molecule has 7 nitrogen and oxygen atoms in total. The molecule has 3 rings (SSSR count). The molecule has 94 valence electrons. The third-order valence-corrected chi connectivity index (χ3v) is 2.65. The highest BCUT2D eigenvalue weighted by Gasteiger charge is 2.04. The lowest BCUT2D eigenvalue weighted by Crippen LogP contribution is -1.93. The smallest absolute Gasteiger partial charge is 0.283 e. The van der Waals surface area contributed by atoms with Crippen LogP contribution in [0, 0.1) is 0 Å². The Morgan fingerprint density at radius 2 is 2.11 bits per heavy atom. The largest absolute Gasteiger partial charge is 0.507 e. The molecule has 0 saturated carbocycles. The number of nitrogens with one attached hydrogen (secondary N) is 2. The molecule has 0 unspecified atom stereocenters. The van der Waals surface area contributed by atoms with Crippen LogP contribution in [0.2, 0.25) is 0 Å². The van der Waals surface area contributed by atoms with Crippen molar-refractivity contribution >= 4 is 22.9 Å². The summed E-state index contributed by atoms with van der Waals surface area (Å²) in [5.41, 5.74) is 3.24. The maximum absolute atomic E-state index is 9.90. The topological polar surface area (TPSA) is 99.1 Å². The van der Waals surface area contributed by atoms with Crippen LogP contribution < -0.4 is 5.43 Å². The Kier molecular flexibility index (Phi) is 2.77. The molecule has 0 radical (unpaired) electrons. The van der Waals surface area contributed by atoms with E-state index in [4.69, 9.17) is 0 Å². The summed E-state index contributed by atoms with van der Waals surface area (Å²) in [5.74, 6) is 0.424. The molecule has 0 atom stereocenters. The lowest BCUT2D eigenvalue weighted by Gasteiger charge is -2.04. The van der Waals surface area contributed by atoms with E-state index < -0.39 is 0 Å². The van der Waals surface area contributed by atoms with Crippen molar-refractivity contribution in [2.75, 3.05) is 5.43 Å². The van der Waals surface area contributed by atoms with Crippen molar-refractivity contribution in [1.82, 2.24) is 20.6 Å². The van der Waals surface area contributed by atoms with Crippen molar-refractivity contribution in [3.63, 3.8) is 0 Å². The van der Waals surface area contributed by atoms with E-state index in [2.05, 4.69) is 31.2 Å². The van der Waals surface area contributed by atoms with Crippen molar-refractivity contribution in [1.29, 1.82) is 0 Å². The molecule has 7 heteroatoms. The fraction of sp³-hybridized carbons (Fsp3) is 0. The summed E-state index contributed by atoms with van der Waals surface area (Å²) in [6.07, 6.45) is 1.52. The van der Waals surface area contributed by atoms with Crippen LogP contribution in [0.4, 0.5) is 5.95 Å². The number of benzene rings is 2. The molecule has 19 heavy (non-hydrogen) atoms. The fourth-order valence-corrected chi connectivity index (χ4v) is 1.78. The van der Waals surface area contributed by atoms with Gasteiger partial charge in [-0.05, 0) is 22.1 Å². The molecular formula is C12H10N6O. The number of hydrazone groups is 1. The maximum atomic E-state index is 9.90. The van der Waals surface area contributed by atoms with E-state index in [0.717, 1.165) is 10.8 Å². The number of hydrogen-bond donors (Lipinski definition) is 3. The van der Waals surface area contributed by atoms with Gasteiger partial charge in [0.05, 0.1) is 6.21 Å². The van der Waals surface area contributed by atoms with E-state index in [1.54, 1.807) is 6.07 Å². The van der Waals surface area contributed by atoms with Crippen LogP contribution in [-0.4, -0.2) is 31.9 Å². The van der Waals surface area contributed by atoms with Crippen molar-refractivity contribution in [2.24, 2.45) is 5.10 Å². The Morgan fingerprint density at radius 3 is 2.95 bits per heavy atom. The first-order valence-electron chi connectivity index (χ1n) is 5.58. The maximum Gasteiger partial charge on any atom is 0.283 e. The minimum absolute atomic E-state index is 0.164. The van der Waals surface area contributed by atoms with Crippen LogP contribution in [0.25, 0.3) is 10.8 Å². The second kappa shape index (κ2) is 4.73. The number of aromatic amines is 1. The molecule has 0 aliphatic heterocycles. The predicted octanol–water partition coefficient (Wildman–Crippen LogP) is 1.50. The highest BCUT2D eigenvalue weighted by molar-refractivity contribution is 6.02. The number of phenolic OH excluding ortho intramolecular Hbond substituents is 1. The molecule has 0 aliphatic carbocycles. The Labute approximate surface area is 108 Å². The zero-order chi connectivity index (χ0) is 13.1. The normalized spacial score (nSPS) is 11.2. The monoisotopic (exact) mass is 254 g/mol. The summed E-state index contributed by atoms with van der Waals surface area (Å²) >= 11 is 0. The van der Waals surface area contributed by atoms with Crippen LogP contribution in [0.5, 0.6) is 5.75 Å². The van der Waals surface area contributed by atoms with E-state index in [0.29, 0.717) is 5.56 Å². The van der Waals surface area contributed by atoms with Crippen LogP contribution in [0.3, 0.4) is 0 Å². The quantitative estimate of drug-likeness (QED) is 0.486. The Bertz CT molecular complexity index is 722. The van der Waals surface area contributed by atoms with Crippen molar-refractivity contribution < 1.29 is 5.11 Å². The average molecular weight is 254 g/mol. The number of aromatic hydroxyl groups is 1. The van der Waals surface area contributed by atoms with Gasteiger partial charge in [-0.2, -0.15) is 10.3 Å². The number of H-pyrrole nitrogens is 1. The van der Waals surface area contributed by atoms with Gasteiger partial charge < -0.3 is 5.11 Å². The van der Waals surface area contributed by atoms with Gasteiger partial charge in [-0.25, -0.2) is 5.43 Å². The summed E-state index contributed by atoms with van der Waals surface area (Å²) in [6.45, 7) is 0. The Hall–Kier alpha value is -2.96. The van der Waals surface area contributed by atoms with Gasteiger partial charge >= 0.3 is 0 Å². The molecule has 0 spiro atoms. The van der Waals surface area contributed by atoms with E-state index in [1.165, 1.54) is 6.21 Å². The van der Waals surface area contributed by atoms with E-state index in [1.807, 2.05) is 30.3 Å². The first kappa shape index (κ1) is 11.1. The zero-order valence-corrected chi connectivity index (χ0v) is 9.78. The van der Waals surface area contributed by atoms with Crippen LogP contribution >= 0.6 is 0 Å². The van der Waals surface area contributed by atoms with Crippen molar-refractivity contribution in [3.05, 3.63) is 42.0 Å². The van der Waals surface area contributed by atoms with Gasteiger partial charge in [0.25, 0.3) is 5.95 Å². The number of fused-ring (bicyclic) bond motifs is 1. The summed E-state index contributed by atoms with van der Waals surface area (Å²) in [7, 11) is 0. The number of hydrogen-bond acceptors (Lipinski definition) is 6. The van der Waals surface area contributed by atoms with E-state index in [9.17, 15) is 5.11 Å². The molecule has 2 aromatic carbocycles. The highest BCUT2D eigenvalue weighted by Crippen LogP contribution is 2.25. The van der Waals surface area contributed by atoms with E-state index >= 15 is 0 Å². The summed E-state index contributed by atoms with van der Waals surface area (Å²) < 4.78 is 0. The summed E-state index contributed by atoms with van der Waals surface area (Å²) in [5, 5.41) is 28.9. The third kappa shape index (κ3) is 2.21. The van der Waals surface area contributed by atoms with Crippen LogP contribution in [-0.2, 0) is 0 Å². The molecule has 3 aromatic rings. The number of tetrazole rings is 1. The third-order valence-electron chi connectivity index (χ3n) is 2.65. The van der Waals surface area contributed by atoms with Crippen molar-refractivity contribution in [2.45, 2.75) is 0 Å². The van der Waals surface area contributed by atoms with Crippen LogP contribution in [0.15, 0.2) is 41.5 Å². The fourth-order valence-electron chi connectivity index (χ4n) is 1.78. The van der Waals surface area contributed by atoms with Gasteiger partial charge in [-0.1, -0.05) is 35.4 Å². The summed E-state index contributed by atoms with van der Waals surface area (Å²) in [6, 6.07) is 11.2. The summed E-state index contributed by atoms with van der Waals surface area (Å²) in [4.78, 5) is 0. The van der Waals surface area contributed by atoms with Gasteiger partial charge in [0.2, 0.25) is 0 Å². The highest BCUT2D eigenvalue weighted by atomic mass is 16.3. The van der Waals surface area contributed by atoms with Crippen molar-refractivity contribution in [3.8, 4) is 5.75 Å². The molecule has 0 amide bonds. The lowest BCUT2D eigenvalue weighted by molar-refractivity contribution is 0.475. The van der Waals surface area contributed by atoms with Crippen LogP contribution in [0.1, 0.15) is 5.56 Å². The Balaban J connectivity index is 1.95. The van der Waals surface area contributed by atoms with Gasteiger partial charge in [-0.15, -0.1) is 5.10 Å². The minimum Gasteiger partial charge on any atom is -0.507 e. The average Bonchev–Trinajstić information content (AvgIpc) is 2.94. The Morgan fingerprint density at radius 1 is 1.21 bits per heavy atom. The van der Waals surface area contributed by atoms with Gasteiger partial charge in [0.1, 0.15) is 5.75 Å². The van der Waals surface area contributed by atoms with Gasteiger partial charge in [-0.3, -0.25) is 0 Å². The lowest BCUT2D eigenvalue weighted by atomic mass is 10.0. The molecule has 0 aliphatic rings. The molecule has 0 saturated heterocycles. The molecule has 1 heterocycles. The van der Waals surface area contributed by atoms with Gasteiger partial charge in [0.15, 0.2) is 0 Å². The predicted molar refractivity (Wildman–Crippen MR) is 71.0 cm³/mol. The molecular weight excluding hydrogens is 244 g/mol. The number of anilines is 1. The number of rotatable bonds is 3. The number of nitrogens with zero attached hydrogens (tertiary/aromatic N) is 4. The molecule has 3 N–H and O–H groups in total. The molecule has 0 fully saturated rings. The number of phenols is 1. The first-order valence-corrected chi connectivity index (χ1v) is 5.58. The molecule has 1 aromatic heterocycles. The van der Waals surface area contributed by atoms with Gasteiger partial charge in [0, 0.05) is 5.56 Å². The van der Waals surface area contributed by atoms with E-state index in [-0.39, 0.29) is 11.7 Å². The second-order valence-electron chi connectivity index (χ2n) is 3.82. The second-order valence-corrected chi connectivity index (χ2v) is 3.82. The first-order chi connectivity index (χ1) is 9.34. The molecule has 0 bridgehead atoms. The standard InChI is InChI=1S/C12H10N6O/c19-11-6-5-8-3-1-2-4-9(8)10(11)7-13-14-12-15-17-18-16-12/h1-7,19H,(H2,14,15,16,17,18)/b13-7-. The number of aromatic nitrogens is 4. The minimum atomic E-state index is 0.164. The SMILES string of the molecule is Oc1ccc2ccccc2c1/C=N\Nc1nn[nH]n1.